The largest absolute Gasteiger partial charge is 0.497 e. The van der Waals surface area contributed by atoms with E-state index in [4.69, 9.17) is 18.7 Å². The number of carbonyl (C=O) groups excluding carboxylic acids is 1. The Morgan fingerprint density at radius 3 is 2.52 bits per heavy atom. The lowest BCUT2D eigenvalue weighted by Gasteiger charge is -2.17. The maximum absolute atomic E-state index is 12.7. The molecule has 0 saturated carbocycles. The molecule has 12 heteroatoms. The van der Waals surface area contributed by atoms with Gasteiger partial charge in [0.15, 0.2) is 6.61 Å². The van der Waals surface area contributed by atoms with Crippen molar-refractivity contribution in [3.05, 3.63) is 42.0 Å². The average molecular weight is 479 g/mol. The van der Waals surface area contributed by atoms with Crippen molar-refractivity contribution in [3.63, 3.8) is 0 Å². The van der Waals surface area contributed by atoms with Gasteiger partial charge in [0.05, 0.1) is 19.8 Å². The molecule has 178 valence electrons. The van der Waals surface area contributed by atoms with E-state index in [0.717, 1.165) is 0 Å². The molecule has 33 heavy (non-hydrogen) atoms. The number of benzene rings is 1. The van der Waals surface area contributed by atoms with Crippen molar-refractivity contribution < 1.29 is 31.9 Å². The maximum atomic E-state index is 12.7. The van der Waals surface area contributed by atoms with E-state index in [0.29, 0.717) is 30.2 Å². The van der Waals surface area contributed by atoms with Crippen LogP contribution in [0.4, 0.5) is 0 Å². The van der Waals surface area contributed by atoms with Crippen molar-refractivity contribution in [1.82, 2.24) is 19.0 Å². The molecule has 0 N–H and O–H groups in total. The molecule has 0 aliphatic carbocycles. The summed E-state index contributed by atoms with van der Waals surface area (Å²) in [7, 11) is 0.924. The highest BCUT2D eigenvalue weighted by atomic mass is 32.2. The van der Waals surface area contributed by atoms with E-state index in [1.54, 1.807) is 46.2 Å². The van der Waals surface area contributed by atoms with Gasteiger partial charge in [-0.25, -0.2) is 13.2 Å². The van der Waals surface area contributed by atoms with Crippen molar-refractivity contribution in [2.75, 3.05) is 27.3 Å². The normalized spacial score (nSPS) is 11.6. The highest BCUT2D eigenvalue weighted by Crippen LogP contribution is 2.31. The first-order chi connectivity index (χ1) is 15.7. The van der Waals surface area contributed by atoms with Crippen LogP contribution in [-0.4, -0.2) is 60.7 Å². The molecule has 0 radical (unpaired) electrons. The number of ether oxygens (including phenoxy) is 3. The third kappa shape index (κ3) is 5.01. The van der Waals surface area contributed by atoms with Crippen LogP contribution in [0.15, 0.2) is 39.9 Å². The summed E-state index contributed by atoms with van der Waals surface area (Å²) in [6.07, 6.45) is 1.38. The van der Waals surface area contributed by atoms with E-state index in [1.807, 2.05) is 0 Å². The molecule has 0 atom stereocenters. The molecule has 0 bridgehead atoms. The summed E-state index contributed by atoms with van der Waals surface area (Å²) in [4.78, 5) is 16.8. The number of sulfonamides is 1. The van der Waals surface area contributed by atoms with Gasteiger partial charge in [-0.1, -0.05) is 19.0 Å². The average Bonchev–Trinajstić information content (AvgIpc) is 3.44. The molecular formula is C21H26N4O7S. The molecule has 2 heterocycles. The summed E-state index contributed by atoms with van der Waals surface area (Å²) in [5, 5.41) is 3.91. The smallest absolute Gasteiger partial charge is 0.355 e. The molecular weight excluding hydrogens is 452 g/mol. The number of aryl methyl sites for hydroxylation is 1. The minimum Gasteiger partial charge on any atom is -0.497 e. The van der Waals surface area contributed by atoms with Crippen LogP contribution in [0.1, 0.15) is 30.2 Å². The molecule has 2 aromatic heterocycles. The van der Waals surface area contributed by atoms with Crippen molar-refractivity contribution >= 4 is 16.0 Å². The lowest BCUT2D eigenvalue weighted by Crippen LogP contribution is -2.30. The van der Waals surface area contributed by atoms with Gasteiger partial charge < -0.3 is 23.3 Å². The van der Waals surface area contributed by atoms with Crippen LogP contribution in [0, 0.1) is 0 Å². The second-order valence-corrected chi connectivity index (χ2v) is 8.85. The molecule has 0 aliphatic rings. The lowest BCUT2D eigenvalue weighted by atomic mass is 10.2. The molecule has 1 aromatic carbocycles. The second-order valence-electron chi connectivity index (χ2n) is 6.92. The summed E-state index contributed by atoms with van der Waals surface area (Å²) in [6, 6.07) is 6.43. The topological polar surface area (TPSA) is 126 Å². The number of hydrogen-bond acceptors (Lipinski definition) is 9. The van der Waals surface area contributed by atoms with Crippen LogP contribution in [0.3, 0.4) is 0 Å². The molecule has 0 fully saturated rings. The highest BCUT2D eigenvalue weighted by Gasteiger charge is 2.26. The van der Waals surface area contributed by atoms with Gasteiger partial charge in [-0.2, -0.15) is 9.29 Å². The van der Waals surface area contributed by atoms with Gasteiger partial charge in [0.2, 0.25) is 15.8 Å². The van der Waals surface area contributed by atoms with Crippen molar-refractivity contribution in [1.29, 1.82) is 0 Å². The third-order valence-electron chi connectivity index (χ3n) is 4.98. The molecule has 11 nitrogen and oxygen atoms in total. The maximum Gasteiger partial charge on any atom is 0.355 e. The minimum absolute atomic E-state index is 0.0207. The first-order valence-electron chi connectivity index (χ1n) is 10.1. The Labute approximate surface area is 191 Å². The number of nitrogens with zero attached hydrogens (tertiary/aromatic N) is 4. The van der Waals surface area contributed by atoms with Crippen LogP contribution in [0.5, 0.6) is 11.5 Å². The van der Waals surface area contributed by atoms with Gasteiger partial charge in [0.1, 0.15) is 22.1 Å². The van der Waals surface area contributed by atoms with Crippen LogP contribution in [-0.2, 0) is 28.4 Å². The number of hydrogen-bond donors (Lipinski definition) is 0. The van der Waals surface area contributed by atoms with Gasteiger partial charge >= 0.3 is 5.97 Å². The number of aromatic nitrogens is 3. The Kier molecular flexibility index (Phi) is 7.39. The molecule has 0 aliphatic heterocycles. The number of esters is 1. The fourth-order valence-corrected chi connectivity index (χ4v) is 4.73. The minimum atomic E-state index is -3.70. The van der Waals surface area contributed by atoms with E-state index in [9.17, 15) is 13.2 Å². The SMILES string of the molecule is CCN(CC)S(=O)(=O)c1cc(C(=O)OCc2nc(-c3ccc(OC)cc3OC)no2)n(C)c1. The standard InChI is InChI=1S/C21H26N4O7S/c1-6-25(7-2)33(27,28)15-11-17(24(3)12-15)21(26)31-13-19-22-20(23-32-19)16-9-8-14(29-4)10-18(16)30-5/h8-12H,6-7,13H2,1-5H3. The lowest BCUT2D eigenvalue weighted by molar-refractivity contribution is 0.0418. The van der Waals surface area contributed by atoms with Crippen molar-refractivity contribution in [2.24, 2.45) is 7.05 Å². The van der Waals surface area contributed by atoms with Crippen LogP contribution < -0.4 is 9.47 Å². The van der Waals surface area contributed by atoms with E-state index in [2.05, 4.69) is 10.1 Å². The van der Waals surface area contributed by atoms with E-state index < -0.39 is 16.0 Å². The fraction of sp³-hybridized carbons (Fsp3) is 0.381. The van der Waals surface area contributed by atoms with Crippen molar-refractivity contribution in [2.45, 2.75) is 25.3 Å². The predicted molar refractivity (Wildman–Crippen MR) is 117 cm³/mol. The number of rotatable bonds is 10. The zero-order chi connectivity index (χ0) is 24.2. The first-order valence-corrected chi connectivity index (χ1v) is 11.6. The third-order valence-corrected chi connectivity index (χ3v) is 6.99. The first kappa shape index (κ1) is 24.3. The number of carbonyl (C=O) groups is 1. The van der Waals surface area contributed by atoms with Gasteiger partial charge in [0, 0.05) is 32.4 Å². The monoisotopic (exact) mass is 478 g/mol. The predicted octanol–water partition coefficient (Wildman–Crippen LogP) is 2.48. The molecule has 3 rings (SSSR count). The van der Waals surface area contributed by atoms with Gasteiger partial charge in [-0.15, -0.1) is 0 Å². The Morgan fingerprint density at radius 1 is 1.15 bits per heavy atom. The molecule has 0 amide bonds. The van der Waals surface area contributed by atoms with Gasteiger partial charge in [-0.05, 0) is 18.2 Å². The summed E-state index contributed by atoms with van der Waals surface area (Å²) < 4.78 is 49.1. The summed E-state index contributed by atoms with van der Waals surface area (Å²) in [6.45, 7) is 3.87. The van der Waals surface area contributed by atoms with Crippen molar-refractivity contribution in [3.8, 4) is 22.9 Å². The quantitative estimate of drug-likeness (QED) is 0.404. The molecule has 3 aromatic rings. The molecule has 0 unspecified atom stereocenters. The fourth-order valence-electron chi connectivity index (χ4n) is 3.20. The van der Waals surface area contributed by atoms with E-state index in [1.165, 1.54) is 28.2 Å². The Bertz CT molecular complexity index is 1230. The van der Waals surface area contributed by atoms with Gasteiger partial charge in [-0.3, -0.25) is 0 Å². The van der Waals surface area contributed by atoms with E-state index >= 15 is 0 Å². The Balaban J connectivity index is 1.73. The zero-order valence-corrected chi connectivity index (χ0v) is 19.9. The Morgan fingerprint density at radius 2 is 1.88 bits per heavy atom. The van der Waals surface area contributed by atoms with Crippen LogP contribution in [0.25, 0.3) is 11.4 Å². The second kappa shape index (κ2) is 10.0. The molecule has 0 saturated heterocycles. The number of methoxy groups -OCH3 is 2. The van der Waals surface area contributed by atoms with E-state index in [-0.39, 0.29) is 28.9 Å². The molecule has 0 spiro atoms. The van der Waals surface area contributed by atoms with Gasteiger partial charge in [0.25, 0.3) is 5.89 Å². The van der Waals surface area contributed by atoms with Crippen LogP contribution >= 0.6 is 0 Å². The highest BCUT2D eigenvalue weighted by molar-refractivity contribution is 7.89. The summed E-state index contributed by atoms with van der Waals surface area (Å²) in [5.74, 6) is 0.705. The van der Waals surface area contributed by atoms with Crippen LogP contribution in [0.2, 0.25) is 0 Å². The summed E-state index contributed by atoms with van der Waals surface area (Å²) in [5.41, 5.74) is 0.658. The zero-order valence-electron chi connectivity index (χ0n) is 19.1. The Hall–Kier alpha value is -3.38. The summed E-state index contributed by atoms with van der Waals surface area (Å²) >= 11 is 0.